The lowest BCUT2D eigenvalue weighted by molar-refractivity contribution is -0.276. The van der Waals surface area contributed by atoms with Crippen LogP contribution in [0.1, 0.15) is 318 Å². The summed E-state index contributed by atoms with van der Waals surface area (Å²) in [5.41, 5.74) is 16.7. The number of nitriles is 1. The van der Waals surface area contributed by atoms with Crippen molar-refractivity contribution in [3.05, 3.63) is 258 Å². The summed E-state index contributed by atoms with van der Waals surface area (Å²) in [7, 11) is 9.37. The second kappa shape index (κ2) is 33.5. The molecule has 134 heavy (non-hydrogen) atoms. The number of ketones is 6. The van der Waals surface area contributed by atoms with Gasteiger partial charge in [-0.05, 0) is 126 Å². The van der Waals surface area contributed by atoms with Crippen LogP contribution in [0.4, 0.5) is 0 Å². The summed E-state index contributed by atoms with van der Waals surface area (Å²) in [6.45, 7) is 35.9. The van der Waals surface area contributed by atoms with Crippen LogP contribution in [0.3, 0.4) is 0 Å². The first-order chi connectivity index (χ1) is 63.5. The van der Waals surface area contributed by atoms with E-state index in [2.05, 4.69) is 101 Å². The van der Waals surface area contributed by atoms with E-state index in [1.54, 1.807) is 18.7 Å². The topological polar surface area (TPSA) is 298 Å². The molecule has 10 aliphatic carbocycles. The molecular formula is C110H132N12O12. The van der Waals surface area contributed by atoms with E-state index >= 15 is 0 Å². The first kappa shape index (κ1) is 93.4. The van der Waals surface area contributed by atoms with Crippen LogP contribution in [-0.2, 0) is 135 Å². The van der Waals surface area contributed by atoms with Gasteiger partial charge in [-0.3, -0.25) is 52.2 Å². The van der Waals surface area contributed by atoms with Crippen LogP contribution in [0.15, 0.2) is 144 Å². The Hall–Kier alpha value is -11.0. The van der Waals surface area contributed by atoms with Gasteiger partial charge in [-0.25, -0.2) is 0 Å². The third-order valence-corrected chi connectivity index (χ3v) is 35.5. The Morgan fingerprint density at radius 2 is 0.701 bits per heavy atom. The smallest absolute Gasteiger partial charge is 0.211 e. The lowest BCUT2D eigenvalue weighted by Gasteiger charge is -2.59. The first-order valence-corrected chi connectivity index (χ1v) is 48.5. The van der Waals surface area contributed by atoms with Crippen molar-refractivity contribution in [3.8, 4) is 6.07 Å². The predicted molar refractivity (Wildman–Crippen MR) is 507 cm³/mol. The Morgan fingerprint density at radius 3 is 1.07 bits per heavy atom. The molecule has 1 N–H and O–H groups in total. The number of Topliss-reactive ketones (excluding diaryl/α,β-unsaturated/α-hetero) is 2. The van der Waals surface area contributed by atoms with Crippen molar-refractivity contribution in [1.82, 2.24) is 54.1 Å². The fourth-order valence-electron chi connectivity index (χ4n) is 28.9. The van der Waals surface area contributed by atoms with Crippen LogP contribution in [-0.4, -0.2) is 132 Å². The average Bonchev–Trinajstić information content (AvgIpc) is 1.46. The van der Waals surface area contributed by atoms with Crippen LogP contribution in [0, 0.1) is 62.6 Å². The van der Waals surface area contributed by atoms with Gasteiger partial charge in [0.2, 0.25) is 23.1 Å². The summed E-state index contributed by atoms with van der Waals surface area (Å²) in [6.07, 6.45) is 18.3. The first-order valence-electron chi connectivity index (χ1n) is 48.5. The van der Waals surface area contributed by atoms with E-state index in [-0.39, 0.29) is 84.1 Å². The quantitative estimate of drug-likeness (QED) is 0.0839. The number of nitrogens with zero attached hydrogens (tertiary/aromatic N) is 12. The maximum atomic E-state index is 13.3. The third kappa shape index (κ3) is 14.2. The van der Waals surface area contributed by atoms with Crippen LogP contribution < -0.4 is 0 Å². The van der Waals surface area contributed by atoms with E-state index in [9.17, 15) is 39.1 Å². The third-order valence-electron chi connectivity index (χ3n) is 35.5. The summed E-state index contributed by atoms with van der Waals surface area (Å²) < 4.78 is 39.1. The molecule has 2 saturated heterocycles. The summed E-state index contributed by atoms with van der Waals surface area (Å²) in [6, 6.07) is 40.1. The van der Waals surface area contributed by atoms with Gasteiger partial charge in [-0.15, -0.1) is 0 Å². The molecule has 10 atom stereocenters. The van der Waals surface area contributed by atoms with Crippen LogP contribution in [0.2, 0.25) is 0 Å². The minimum absolute atomic E-state index is 0.00942. The number of benzene rings is 4. The summed E-state index contributed by atoms with van der Waals surface area (Å²) >= 11 is 0. The number of aliphatic hydroxyl groups is 1. The van der Waals surface area contributed by atoms with Crippen molar-refractivity contribution in [2.75, 3.05) is 26.4 Å². The Kier molecular flexibility index (Phi) is 23.4. The van der Waals surface area contributed by atoms with Gasteiger partial charge in [0.15, 0.2) is 17.4 Å². The van der Waals surface area contributed by atoms with Crippen molar-refractivity contribution in [1.29, 1.82) is 5.26 Å². The lowest BCUT2D eigenvalue weighted by atomic mass is 9.49. The van der Waals surface area contributed by atoms with Gasteiger partial charge in [0.05, 0.1) is 67.4 Å². The number of aryl methyl sites for hydroxylation is 5. The van der Waals surface area contributed by atoms with Crippen LogP contribution >= 0.6 is 0 Å². The molecule has 0 radical (unpaired) electrons. The Bertz CT molecular complexity index is 6390. The molecule has 0 unspecified atom stereocenters. The highest BCUT2D eigenvalue weighted by Crippen LogP contribution is 2.66. The van der Waals surface area contributed by atoms with Crippen molar-refractivity contribution >= 4 is 34.7 Å². The van der Waals surface area contributed by atoms with Crippen LogP contribution in [0.25, 0.3) is 0 Å². The standard InChI is InChI=1S/C24H30N2O3.C23H25N3O2.C23H26N2O3.C22H26N2O2.C18H25N3O2/c1-22(2)18-11-10-17-19(20(27)16-8-6-5-7-9-16)26(4)25-21(17)23(18,3)12-13-24(22)28-14-15-29-24;1-22(2)17-11-10-16-18(19(27)14-8-6-5-7-9-14)26(4)25-20(16)23(17,3)12-15-13-24-28-21(15)22;1-22(2)17-11-10-16-18(19(27)14-8-6-5-7-9-14)25(4)24-20(16)23(17,3)12-15(13-26)21(22)28;1-21(2)16-11-10-15-18(19(26)14-8-6-5-7-9-14)24(4)23-20(15)22(16,3)13-12-17(21)25;1-16(2)14-6-5-12-13(11-19)21(4)20-15(12)17(14,3)7-8-18(16)22-9-10-23-18/h5-9,18H,10-15H2,1-4H3;5-9,13,17H,10-12H2,1-4H3;5-9,13,17,26H,10-12H2,1-4H3;5-9,16H,10-13H2,1-4H3;14H,5-10H2,1-4H3/b;;15-13-;;/t18-,23-;2*17-,23-;16-,22-;14-,17-/m00000/s1. The van der Waals surface area contributed by atoms with Crippen molar-refractivity contribution in [3.63, 3.8) is 0 Å². The van der Waals surface area contributed by atoms with E-state index in [0.29, 0.717) is 96.5 Å². The molecule has 4 aromatic carbocycles. The molecule has 10 aromatic rings. The Morgan fingerprint density at radius 1 is 0.388 bits per heavy atom. The van der Waals surface area contributed by atoms with E-state index in [0.717, 1.165) is 199 Å². The lowest BCUT2D eigenvalue weighted by Crippen LogP contribution is -2.61. The molecule has 2 aliphatic heterocycles. The molecule has 12 aliphatic rings. The minimum atomic E-state index is -0.583. The normalized spacial score (nSPS) is 28.4. The number of ether oxygens (including phenoxy) is 4. The summed E-state index contributed by atoms with van der Waals surface area (Å²) in [5.74, 6) is 2.20. The highest BCUT2D eigenvalue weighted by atomic mass is 16.7. The SMILES string of the molecule is Cn1nc2c(c1C#N)CC[C@H]1C(C)(C)C3(CC[C@]21C)OCCO3.Cn1nc2c(c1C(=O)c1ccccc1)CC[C@H]1C(C)(C)C(=O)/C(=C\O)C[C@]21C.Cn1nc2c(c1C(=O)c1ccccc1)CC[C@H]1C(C)(C)C(=O)CC[C@]21C.Cn1nc2c(c1C(=O)c1ccccc1)CC[C@H]1C(C)(C)C3(CC[C@]21C)OCCO3.Cn1nc2c(c1C(=O)c1ccccc1)CC[C@H]1C(C)(C)c3oncc3C[C@]21C. The molecule has 8 heterocycles. The maximum absolute atomic E-state index is 13.3. The zero-order chi connectivity index (χ0) is 95.5. The number of allylic oxidation sites excluding steroid dienone is 1. The van der Waals surface area contributed by atoms with E-state index in [1.165, 1.54) is 0 Å². The Balaban J connectivity index is 0.000000112. The molecule has 4 saturated carbocycles. The van der Waals surface area contributed by atoms with E-state index in [1.807, 2.05) is 181 Å². The van der Waals surface area contributed by atoms with Gasteiger partial charge < -0.3 is 28.6 Å². The maximum Gasteiger partial charge on any atom is 0.211 e. The number of hydrogen-bond donors (Lipinski definition) is 1. The van der Waals surface area contributed by atoms with E-state index in [4.69, 9.17) is 49.0 Å². The second-order valence-corrected chi connectivity index (χ2v) is 44.4. The van der Waals surface area contributed by atoms with Gasteiger partial charge in [0, 0.05) is 170 Å². The number of carbonyl (C=O) groups is 6. The number of aromatic nitrogens is 11. The van der Waals surface area contributed by atoms with Crippen molar-refractivity contribution in [2.45, 2.75) is 263 Å². The number of fused-ring (bicyclic) bond motifs is 16. The minimum Gasteiger partial charge on any atom is -0.515 e. The molecule has 24 nitrogen and oxygen atoms in total. The van der Waals surface area contributed by atoms with Crippen molar-refractivity contribution in [2.24, 2.45) is 86.5 Å². The molecular weight excluding hydrogens is 1680 g/mol. The molecule has 704 valence electrons. The zero-order valence-corrected chi connectivity index (χ0v) is 81.9. The molecule has 0 amide bonds. The molecule has 2 spiro atoms. The molecule has 22 rings (SSSR count). The highest BCUT2D eigenvalue weighted by Gasteiger charge is 2.67. The van der Waals surface area contributed by atoms with Gasteiger partial charge in [-0.1, -0.05) is 230 Å². The number of rotatable bonds is 8. The van der Waals surface area contributed by atoms with Gasteiger partial charge >= 0.3 is 0 Å². The van der Waals surface area contributed by atoms with Crippen LogP contribution in [0.5, 0.6) is 0 Å². The van der Waals surface area contributed by atoms with Gasteiger partial charge in [0.1, 0.15) is 46.1 Å². The second-order valence-electron chi connectivity index (χ2n) is 44.4. The molecule has 24 heteroatoms. The number of hydrogen-bond acceptors (Lipinski definition) is 19. The summed E-state index contributed by atoms with van der Waals surface area (Å²) in [4.78, 5) is 78.2. The monoisotopic (exact) mass is 1810 g/mol. The predicted octanol–water partition coefficient (Wildman–Crippen LogP) is 18.5. The van der Waals surface area contributed by atoms with Gasteiger partial charge in [-0.2, -0.15) is 30.8 Å². The fraction of sp³-hybridized carbons (Fsp3) is 0.536. The fourth-order valence-corrected chi connectivity index (χ4v) is 28.9. The molecule has 6 aromatic heterocycles. The van der Waals surface area contributed by atoms with Crippen molar-refractivity contribution < 1.29 is 57.3 Å². The molecule has 6 fully saturated rings. The Labute approximate surface area is 787 Å². The number of carbonyl (C=O) groups excluding carboxylic acids is 6. The van der Waals surface area contributed by atoms with E-state index < -0.39 is 22.4 Å². The summed E-state index contributed by atoms with van der Waals surface area (Å²) in [5, 5.41) is 47.5. The average molecular weight is 1810 g/mol. The highest BCUT2D eigenvalue weighted by molar-refractivity contribution is 6.11. The number of aliphatic hydroxyl groups excluding tert-OH is 1. The van der Waals surface area contributed by atoms with Gasteiger partial charge in [0.25, 0.3) is 0 Å². The molecule has 0 bridgehead atoms. The largest absolute Gasteiger partial charge is 0.515 e. The zero-order valence-electron chi connectivity index (χ0n) is 81.9.